The summed E-state index contributed by atoms with van der Waals surface area (Å²) in [6, 6.07) is 10.8. The third-order valence-corrected chi connectivity index (χ3v) is 6.37. The molecule has 3 aromatic heterocycles. The number of nitrogens with zero attached hydrogens (tertiary/aromatic N) is 4. The second-order valence-electron chi connectivity index (χ2n) is 8.95. The number of piperidine rings is 1. The molecule has 0 spiro atoms. The molecule has 2 fully saturated rings. The fourth-order valence-electron chi connectivity index (χ4n) is 4.40. The molecule has 1 aliphatic carbocycles. The number of rotatable bonds is 5. The zero-order chi connectivity index (χ0) is 23.1. The average Bonchev–Trinajstić information content (AvgIpc) is 3.48. The molecule has 0 amide bonds. The van der Waals surface area contributed by atoms with Gasteiger partial charge in [0.05, 0.1) is 12.2 Å². The van der Waals surface area contributed by atoms with E-state index in [-0.39, 0.29) is 11.6 Å². The summed E-state index contributed by atoms with van der Waals surface area (Å²) >= 11 is 0. The summed E-state index contributed by atoms with van der Waals surface area (Å²) in [4.78, 5) is 26.0. The summed E-state index contributed by atoms with van der Waals surface area (Å²) in [7, 11) is 0. The number of hydrogen-bond donors (Lipinski definition) is 5. The lowest BCUT2D eigenvalue weighted by Crippen LogP contribution is -2.26. The maximum Gasteiger partial charge on any atom is 0.326 e. The molecule has 34 heavy (non-hydrogen) atoms. The summed E-state index contributed by atoms with van der Waals surface area (Å²) in [6.07, 6.45) is 7.77. The minimum atomic E-state index is -0.479. The Morgan fingerprint density at radius 2 is 1.91 bits per heavy atom. The van der Waals surface area contributed by atoms with Gasteiger partial charge in [0, 0.05) is 17.0 Å². The quantitative estimate of drug-likeness (QED) is 0.306. The van der Waals surface area contributed by atoms with Gasteiger partial charge < -0.3 is 20.7 Å². The number of imidazole rings is 1. The van der Waals surface area contributed by atoms with Crippen molar-refractivity contribution in [1.82, 2.24) is 29.9 Å². The van der Waals surface area contributed by atoms with Gasteiger partial charge in [-0.15, -0.1) is 0 Å². The number of anilines is 2. The van der Waals surface area contributed by atoms with Crippen molar-refractivity contribution in [2.24, 2.45) is 4.99 Å². The van der Waals surface area contributed by atoms with E-state index in [9.17, 15) is 9.90 Å². The molecule has 0 radical (unpaired) electrons. The fourth-order valence-corrected chi connectivity index (χ4v) is 4.40. The van der Waals surface area contributed by atoms with Gasteiger partial charge >= 0.3 is 5.69 Å². The second kappa shape index (κ2) is 8.45. The van der Waals surface area contributed by atoms with Gasteiger partial charge in [-0.3, -0.25) is 9.98 Å². The summed E-state index contributed by atoms with van der Waals surface area (Å²) in [5.74, 6) is 1.04. The van der Waals surface area contributed by atoms with Crippen LogP contribution in [0.1, 0.15) is 42.9 Å². The zero-order valence-corrected chi connectivity index (χ0v) is 18.6. The van der Waals surface area contributed by atoms with Crippen LogP contribution in [-0.4, -0.2) is 48.8 Å². The van der Waals surface area contributed by atoms with Crippen LogP contribution in [-0.2, 0) is 0 Å². The largest absolute Gasteiger partial charge is 0.493 e. The highest BCUT2D eigenvalue weighted by molar-refractivity contribution is 5.61. The average molecular weight is 459 g/mol. The van der Waals surface area contributed by atoms with Crippen LogP contribution in [0.5, 0.6) is 5.88 Å². The summed E-state index contributed by atoms with van der Waals surface area (Å²) < 4.78 is 1.69. The van der Waals surface area contributed by atoms with Crippen molar-refractivity contribution in [1.29, 1.82) is 0 Å². The fraction of sp³-hybridized carbons (Fsp3) is 0.333. The van der Waals surface area contributed by atoms with Gasteiger partial charge in [0.15, 0.2) is 11.1 Å². The molecule has 2 aliphatic rings. The molecule has 174 valence electrons. The van der Waals surface area contributed by atoms with Gasteiger partial charge in [-0.1, -0.05) is 12.1 Å². The van der Waals surface area contributed by atoms with E-state index in [4.69, 9.17) is 9.98 Å². The molecule has 10 heteroatoms. The molecule has 5 N–H and O–H groups in total. The van der Waals surface area contributed by atoms with E-state index < -0.39 is 5.69 Å². The Hall–Kier alpha value is -3.92. The monoisotopic (exact) mass is 458 g/mol. The highest BCUT2D eigenvalue weighted by Gasteiger charge is 2.20. The SMILES string of the molecule is O=c1[nH]c(O)c(/C=c2/cnn3c(=NC4CC4)cc(Nc4ccc(C5CCNCC5)cc4)nc23)[nH]1. The standard InChI is InChI=1S/C24H26N8O2/c33-23-19(29-24(34)31-23)11-16-13-26-32-21(28-18-5-6-18)12-20(30-22(16)32)27-17-3-1-14(2-4-17)15-7-9-25-10-8-15/h1-4,11-13,15,18,25,27,33H,5-10H2,(H2,29,31,34)/b16-11-,28-21?. The van der Waals surface area contributed by atoms with Gasteiger partial charge in [0.1, 0.15) is 11.5 Å². The molecule has 4 heterocycles. The van der Waals surface area contributed by atoms with Crippen molar-refractivity contribution < 1.29 is 5.11 Å². The lowest BCUT2D eigenvalue weighted by Gasteiger charge is -2.23. The highest BCUT2D eigenvalue weighted by atomic mass is 16.3. The Bertz CT molecular complexity index is 1510. The number of aromatic hydroxyl groups is 1. The van der Waals surface area contributed by atoms with Crippen molar-refractivity contribution in [2.45, 2.75) is 37.6 Å². The number of hydrogen-bond acceptors (Lipinski definition) is 7. The molecular weight excluding hydrogens is 432 g/mol. The minimum absolute atomic E-state index is 0.227. The summed E-state index contributed by atoms with van der Waals surface area (Å²) in [5.41, 5.74) is 3.41. The number of fused-ring (bicyclic) bond motifs is 1. The second-order valence-corrected chi connectivity index (χ2v) is 8.95. The van der Waals surface area contributed by atoms with Crippen molar-refractivity contribution in [3.05, 3.63) is 69.0 Å². The van der Waals surface area contributed by atoms with Gasteiger partial charge in [-0.2, -0.15) is 9.61 Å². The number of H-pyrrole nitrogens is 2. The van der Waals surface area contributed by atoms with Crippen LogP contribution in [0.25, 0.3) is 11.7 Å². The van der Waals surface area contributed by atoms with Crippen LogP contribution < -0.4 is 27.0 Å². The highest BCUT2D eigenvalue weighted by Crippen LogP contribution is 2.27. The van der Waals surface area contributed by atoms with E-state index >= 15 is 0 Å². The smallest absolute Gasteiger partial charge is 0.326 e. The Morgan fingerprint density at radius 3 is 2.62 bits per heavy atom. The van der Waals surface area contributed by atoms with E-state index in [2.05, 4.69) is 50.0 Å². The van der Waals surface area contributed by atoms with Crippen LogP contribution >= 0.6 is 0 Å². The topological polar surface area (TPSA) is 135 Å². The molecule has 1 saturated heterocycles. The van der Waals surface area contributed by atoms with Crippen LogP contribution in [0.3, 0.4) is 0 Å². The van der Waals surface area contributed by atoms with Gasteiger partial charge in [-0.05, 0) is 68.5 Å². The molecule has 4 aromatic rings. The molecular formula is C24H26N8O2. The zero-order valence-electron chi connectivity index (χ0n) is 18.6. The van der Waals surface area contributed by atoms with E-state index in [0.29, 0.717) is 34.1 Å². The minimum Gasteiger partial charge on any atom is -0.493 e. The molecule has 1 aliphatic heterocycles. The van der Waals surface area contributed by atoms with E-state index in [1.807, 2.05) is 6.07 Å². The van der Waals surface area contributed by atoms with E-state index in [0.717, 1.165) is 31.6 Å². The van der Waals surface area contributed by atoms with Gasteiger partial charge in [0.2, 0.25) is 5.88 Å². The molecule has 1 saturated carbocycles. The van der Waals surface area contributed by atoms with Crippen molar-refractivity contribution in [3.63, 3.8) is 0 Å². The van der Waals surface area contributed by atoms with Crippen LogP contribution in [0.2, 0.25) is 0 Å². The first kappa shape index (κ1) is 20.7. The van der Waals surface area contributed by atoms with Crippen molar-refractivity contribution in [3.8, 4) is 5.88 Å². The normalized spacial score (nSPS) is 18.1. The molecule has 0 atom stereocenters. The molecule has 10 nitrogen and oxygen atoms in total. The predicted octanol–water partition coefficient (Wildman–Crippen LogP) is 1.27. The molecule has 0 unspecified atom stereocenters. The van der Waals surface area contributed by atoms with Crippen LogP contribution in [0.4, 0.5) is 11.5 Å². The first-order valence-electron chi connectivity index (χ1n) is 11.7. The predicted molar refractivity (Wildman–Crippen MR) is 128 cm³/mol. The maximum atomic E-state index is 11.5. The van der Waals surface area contributed by atoms with E-state index in [1.54, 1.807) is 16.8 Å². The molecule has 6 rings (SSSR count). The molecule has 0 bridgehead atoms. The molecule has 1 aromatic carbocycles. The summed E-state index contributed by atoms with van der Waals surface area (Å²) in [6.45, 7) is 2.14. The van der Waals surface area contributed by atoms with Gasteiger partial charge in [-0.25, -0.2) is 9.78 Å². The van der Waals surface area contributed by atoms with Crippen molar-refractivity contribution >= 4 is 23.2 Å². The third kappa shape index (κ3) is 4.19. The number of benzene rings is 1. The van der Waals surface area contributed by atoms with Crippen LogP contribution in [0.15, 0.2) is 46.3 Å². The number of nitrogens with one attached hydrogen (secondary N) is 4. The lowest BCUT2D eigenvalue weighted by molar-refractivity contribution is 0.454. The Balaban J connectivity index is 1.37. The van der Waals surface area contributed by atoms with Crippen molar-refractivity contribution in [2.75, 3.05) is 18.4 Å². The third-order valence-electron chi connectivity index (χ3n) is 6.37. The maximum absolute atomic E-state index is 11.5. The van der Waals surface area contributed by atoms with E-state index in [1.165, 1.54) is 18.4 Å². The Morgan fingerprint density at radius 1 is 1.12 bits per heavy atom. The first-order valence-corrected chi connectivity index (χ1v) is 11.7. The van der Waals surface area contributed by atoms with Crippen LogP contribution in [0, 0.1) is 0 Å². The number of aromatic nitrogens is 5. The summed E-state index contributed by atoms with van der Waals surface area (Å²) in [5, 5.41) is 21.9. The van der Waals surface area contributed by atoms with Gasteiger partial charge in [0.25, 0.3) is 0 Å². The number of aromatic amines is 2. The Labute approximate surface area is 194 Å². The Kier molecular flexibility index (Phi) is 5.14. The first-order chi connectivity index (χ1) is 16.6. The lowest BCUT2D eigenvalue weighted by atomic mass is 9.90.